The van der Waals surface area contributed by atoms with E-state index >= 15 is 0 Å². The van der Waals surface area contributed by atoms with Crippen LogP contribution in [0.2, 0.25) is 0 Å². The predicted octanol–water partition coefficient (Wildman–Crippen LogP) is 2.72. The number of para-hydroxylation sites is 1. The number of nitro benzene ring substituents is 1. The zero-order chi connectivity index (χ0) is 19.4. The molecule has 1 heterocycles. The molecule has 1 aliphatic heterocycles. The Morgan fingerprint density at radius 3 is 1.96 bits per heavy atom. The number of nitrogens with zero attached hydrogens (tertiary/aromatic N) is 3. The van der Waals surface area contributed by atoms with Gasteiger partial charge in [0, 0.05) is 32.2 Å². The maximum absolute atomic E-state index is 13.9. The van der Waals surface area contributed by atoms with Crippen LogP contribution in [-0.4, -0.2) is 52.7 Å². The molecule has 2 amide bonds. The molecule has 8 heteroatoms. The van der Waals surface area contributed by atoms with Crippen LogP contribution in [0.5, 0.6) is 0 Å². The van der Waals surface area contributed by atoms with Gasteiger partial charge in [0.1, 0.15) is 11.4 Å². The summed E-state index contributed by atoms with van der Waals surface area (Å²) in [6.45, 7) is 1.21. The van der Waals surface area contributed by atoms with E-state index in [0.29, 0.717) is 19.5 Å². The molecule has 2 aromatic rings. The van der Waals surface area contributed by atoms with Crippen molar-refractivity contribution in [3.8, 4) is 0 Å². The molecule has 3 rings (SSSR count). The molecule has 140 valence electrons. The van der Waals surface area contributed by atoms with Crippen molar-refractivity contribution in [1.82, 2.24) is 9.80 Å². The summed E-state index contributed by atoms with van der Waals surface area (Å²) in [6.07, 6.45) is 0.507. The van der Waals surface area contributed by atoms with Gasteiger partial charge in [-0.05, 0) is 24.6 Å². The van der Waals surface area contributed by atoms with E-state index in [9.17, 15) is 24.1 Å². The van der Waals surface area contributed by atoms with Gasteiger partial charge in [0.25, 0.3) is 17.5 Å². The molecule has 1 fully saturated rings. The van der Waals surface area contributed by atoms with Gasteiger partial charge < -0.3 is 9.80 Å². The van der Waals surface area contributed by atoms with E-state index in [2.05, 4.69) is 0 Å². The topological polar surface area (TPSA) is 83.8 Å². The summed E-state index contributed by atoms with van der Waals surface area (Å²) in [6, 6.07) is 11.6. The Hall–Kier alpha value is -3.29. The Balaban J connectivity index is 1.74. The summed E-state index contributed by atoms with van der Waals surface area (Å²) in [5.41, 5.74) is -0.224. The molecule has 0 unspecified atom stereocenters. The molecule has 0 N–H and O–H groups in total. The minimum absolute atomic E-state index is 0.00373. The highest BCUT2D eigenvalue weighted by atomic mass is 19.1. The predicted molar refractivity (Wildman–Crippen MR) is 95.9 cm³/mol. The average molecular weight is 371 g/mol. The fourth-order valence-electron chi connectivity index (χ4n) is 3.11. The Morgan fingerprint density at radius 1 is 0.852 bits per heavy atom. The molecule has 7 nitrogen and oxygen atoms in total. The standard InChI is InChI=1S/C19H18FN3O4/c20-16-8-3-1-6-14(16)18(24)21-10-5-11-22(13-12-21)19(25)15-7-2-4-9-17(15)23(26)27/h1-4,6-9H,5,10-13H2. The lowest BCUT2D eigenvalue weighted by Crippen LogP contribution is -2.37. The second-order valence-corrected chi connectivity index (χ2v) is 6.19. The van der Waals surface area contributed by atoms with Gasteiger partial charge in [-0.1, -0.05) is 24.3 Å². The lowest BCUT2D eigenvalue weighted by molar-refractivity contribution is -0.385. The van der Waals surface area contributed by atoms with Gasteiger partial charge in [-0.15, -0.1) is 0 Å². The maximum atomic E-state index is 13.9. The highest BCUT2D eigenvalue weighted by Crippen LogP contribution is 2.21. The molecule has 0 aromatic heterocycles. The number of carbonyl (C=O) groups excluding carboxylic acids is 2. The van der Waals surface area contributed by atoms with E-state index in [1.54, 1.807) is 12.1 Å². The van der Waals surface area contributed by atoms with E-state index < -0.39 is 22.6 Å². The van der Waals surface area contributed by atoms with Crippen LogP contribution in [0, 0.1) is 15.9 Å². The normalized spacial score (nSPS) is 14.6. The van der Waals surface area contributed by atoms with Crippen molar-refractivity contribution < 1.29 is 18.9 Å². The molecule has 1 saturated heterocycles. The van der Waals surface area contributed by atoms with Gasteiger partial charge >= 0.3 is 0 Å². The molecule has 2 aromatic carbocycles. The van der Waals surface area contributed by atoms with Gasteiger partial charge in [0.05, 0.1) is 10.5 Å². The Bertz CT molecular complexity index is 887. The van der Waals surface area contributed by atoms with E-state index in [4.69, 9.17) is 0 Å². The smallest absolute Gasteiger partial charge is 0.282 e. The third kappa shape index (κ3) is 3.94. The van der Waals surface area contributed by atoms with Crippen molar-refractivity contribution in [3.63, 3.8) is 0 Å². The number of hydrogen-bond acceptors (Lipinski definition) is 4. The van der Waals surface area contributed by atoms with E-state index in [1.807, 2.05) is 0 Å². The number of nitro groups is 1. The number of amides is 2. The monoisotopic (exact) mass is 371 g/mol. The van der Waals surface area contributed by atoms with Crippen LogP contribution in [0.1, 0.15) is 27.1 Å². The number of carbonyl (C=O) groups is 2. The summed E-state index contributed by atoms with van der Waals surface area (Å²) in [7, 11) is 0. The molecule has 0 radical (unpaired) electrons. The summed E-state index contributed by atoms with van der Waals surface area (Å²) in [5.74, 6) is -1.45. The number of rotatable bonds is 3. The second kappa shape index (κ2) is 7.94. The van der Waals surface area contributed by atoms with Gasteiger partial charge in [0.15, 0.2) is 0 Å². The first-order valence-corrected chi connectivity index (χ1v) is 8.55. The number of benzene rings is 2. The average Bonchev–Trinajstić information content (AvgIpc) is 2.93. The first kappa shape index (κ1) is 18.5. The van der Waals surface area contributed by atoms with Crippen LogP contribution in [0.3, 0.4) is 0 Å². The van der Waals surface area contributed by atoms with Crippen molar-refractivity contribution >= 4 is 17.5 Å². The van der Waals surface area contributed by atoms with Crippen LogP contribution in [0.4, 0.5) is 10.1 Å². The summed E-state index contributed by atoms with van der Waals surface area (Å²) < 4.78 is 13.9. The molecular weight excluding hydrogens is 353 g/mol. The molecule has 1 aliphatic rings. The summed E-state index contributed by atoms with van der Waals surface area (Å²) in [4.78, 5) is 38.9. The van der Waals surface area contributed by atoms with E-state index in [0.717, 1.165) is 0 Å². The molecule has 0 saturated carbocycles. The quantitative estimate of drug-likeness (QED) is 0.613. The first-order chi connectivity index (χ1) is 13.0. The van der Waals surface area contributed by atoms with E-state index in [1.165, 1.54) is 46.2 Å². The van der Waals surface area contributed by atoms with Crippen LogP contribution < -0.4 is 0 Å². The van der Waals surface area contributed by atoms with Crippen molar-refractivity contribution in [1.29, 1.82) is 0 Å². The van der Waals surface area contributed by atoms with Gasteiger partial charge in [-0.3, -0.25) is 19.7 Å². The fourth-order valence-corrected chi connectivity index (χ4v) is 3.11. The second-order valence-electron chi connectivity index (χ2n) is 6.19. The van der Waals surface area contributed by atoms with Crippen LogP contribution in [-0.2, 0) is 0 Å². The van der Waals surface area contributed by atoms with Crippen LogP contribution in [0.15, 0.2) is 48.5 Å². The van der Waals surface area contributed by atoms with Gasteiger partial charge in [-0.2, -0.15) is 0 Å². The van der Waals surface area contributed by atoms with Crippen molar-refractivity contribution in [2.75, 3.05) is 26.2 Å². The van der Waals surface area contributed by atoms with Gasteiger partial charge in [-0.25, -0.2) is 4.39 Å². The maximum Gasteiger partial charge on any atom is 0.282 e. The number of halogens is 1. The lowest BCUT2D eigenvalue weighted by Gasteiger charge is -2.22. The van der Waals surface area contributed by atoms with E-state index in [-0.39, 0.29) is 29.9 Å². The SMILES string of the molecule is O=C(c1ccccc1F)N1CCCN(C(=O)c2ccccc2[N+](=O)[O-])CC1. The molecular formula is C19H18FN3O4. The molecule has 0 bridgehead atoms. The highest BCUT2D eigenvalue weighted by molar-refractivity contribution is 5.98. The largest absolute Gasteiger partial charge is 0.337 e. The van der Waals surface area contributed by atoms with Crippen molar-refractivity contribution in [3.05, 3.63) is 75.6 Å². The third-order valence-electron chi connectivity index (χ3n) is 4.51. The van der Waals surface area contributed by atoms with Crippen LogP contribution >= 0.6 is 0 Å². The summed E-state index contributed by atoms with van der Waals surface area (Å²) in [5, 5.41) is 11.2. The molecule has 0 aliphatic carbocycles. The minimum atomic E-state index is -0.584. The van der Waals surface area contributed by atoms with Gasteiger partial charge in [0.2, 0.25) is 0 Å². The Morgan fingerprint density at radius 2 is 1.37 bits per heavy atom. The Kier molecular flexibility index (Phi) is 5.44. The third-order valence-corrected chi connectivity index (χ3v) is 4.51. The highest BCUT2D eigenvalue weighted by Gasteiger charge is 2.28. The molecule has 0 atom stereocenters. The fraction of sp³-hybridized carbons (Fsp3) is 0.263. The van der Waals surface area contributed by atoms with Crippen molar-refractivity contribution in [2.24, 2.45) is 0 Å². The first-order valence-electron chi connectivity index (χ1n) is 8.55. The number of hydrogen-bond donors (Lipinski definition) is 0. The Labute approximate surface area is 155 Å². The minimum Gasteiger partial charge on any atom is -0.337 e. The van der Waals surface area contributed by atoms with Crippen molar-refractivity contribution in [2.45, 2.75) is 6.42 Å². The molecule has 27 heavy (non-hydrogen) atoms. The lowest BCUT2D eigenvalue weighted by atomic mass is 10.1. The zero-order valence-electron chi connectivity index (χ0n) is 14.5. The zero-order valence-corrected chi connectivity index (χ0v) is 14.5. The molecule has 0 spiro atoms. The van der Waals surface area contributed by atoms with Crippen LogP contribution in [0.25, 0.3) is 0 Å². The summed E-state index contributed by atoms with van der Waals surface area (Å²) >= 11 is 0.